The first-order chi connectivity index (χ1) is 15.5. The van der Waals surface area contributed by atoms with E-state index in [1.165, 1.54) is 11.6 Å². The molecule has 0 aliphatic rings. The van der Waals surface area contributed by atoms with E-state index in [0.717, 1.165) is 0 Å². The minimum atomic E-state index is -0.357. The van der Waals surface area contributed by atoms with Crippen molar-refractivity contribution in [1.29, 1.82) is 10.5 Å². The van der Waals surface area contributed by atoms with Crippen LogP contribution in [0.3, 0.4) is 0 Å². The number of nitriles is 2. The van der Waals surface area contributed by atoms with Crippen molar-refractivity contribution in [2.24, 2.45) is 0 Å². The van der Waals surface area contributed by atoms with Gasteiger partial charge in [0.05, 0.1) is 25.0 Å². The number of amides is 1. The number of benzene rings is 2. The van der Waals surface area contributed by atoms with Crippen molar-refractivity contribution >= 4 is 23.4 Å². The molecule has 32 heavy (non-hydrogen) atoms. The largest absolute Gasteiger partial charge is 0.493 e. The van der Waals surface area contributed by atoms with Gasteiger partial charge in [0.25, 0.3) is 0 Å². The van der Waals surface area contributed by atoms with E-state index in [0.29, 0.717) is 29.4 Å². The quantitative estimate of drug-likeness (QED) is 0.566. The Balaban J connectivity index is 2.18. The van der Waals surface area contributed by atoms with Gasteiger partial charge in [-0.2, -0.15) is 15.6 Å². The molecule has 0 unspecified atom stereocenters. The van der Waals surface area contributed by atoms with E-state index in [9.17, 15) is 15.3 Å². The lowest BCUT2D eigenvalue weighted by atomic mass is 10.1. The minimum Gasteiger partial charge on any atom is -0.493 e. The van der Waals surface area contributed by atoms with Crippen molar-refractivity contribution in [3.63, 3.8) is 0 Å². The lowest BCUT2D eigenvalue weighted by molar-refractivity contribution is -0.114. The maximum absolute atomic E-state index is 11.8. The maximum Gasteiger partial charge on any atom is 0.222 e. The second-order valence-corrected chi connectivity index (χ2v) is 6.63. The van der Waals surface area contributed by atoms with E-state index in [1.807, 2.05) is 25.1 Å². The number of anilines is 1. The van der Waals surface area contributed by atoms with Crippen LogP contribution in [-0.2, 0) is 4.79 Å². The molecular weight excluding hydrogens is 406 g/mol. The summed E-state index contributed by atoms with van der Waals surface area (Å²) in [6.45, 7) is 3.66. The molecule has 8 heteroatoms. The molecule has 1 aromatic heterocycles. The Labute approximate surface area is 185 Å². The Hall–Kier alpha value is -4.56. The predicted octanol–water partition coefficient (Wildman–Crippen LogP) is 4.17. The molecule has 0 aliphatic carbocycles. The summed E-state index contributed by atoms with van der Waals surface area (Å²) in [4.78, 5) is 11.8. The van der Waals surface area contributed by atoms with Gasteiger partial charge in [0.15, 0.2) is 17.3 Å². The highest BCUT2D eigenvalue weighted by molar-refractivity contribution is 5.95. The molecule has 1 amide bonds. The Kier molecular flexibility index (Phi) is 6.89. The van der Waals surface area contributed by atoms with E-state index in [4.69, 9.17) is 9.47 Å². The van der Waals surface area contributed by atoms with E-state index >= 15 is 0 Å². The van der Waals surface area contributed by atoms with Gasteiger partial charge in [0.2, 0.25) is 5.91 Å². The topological polar surface area (TPSA) is 113 Å². The summed E-state index contributed by atoms with van der Waals surface area (Å²) in [5.41, 5.74) is 1.73. The molecule has 0 saturated carbocycles. The van der Waals surface area contributed by atoms with Gasteiger partial charge in [-0.1, -0.05) is 24.3 Å². The molecular formula is C24H21N5O3. The number of allylic oxidation sites excluding steroid dienone is 1. The second kappa shape index (κ2) is 9.96. The van der Waals surface area contributed by atoms with Crippen LogP contribution in [0.5, 0.6) is 11.5 Å². The van der Waals surface area contributed by atoms with Crippen molar-refractivity contribution < 1.29 is 14.3 Å². The van der Waals surface area contributed by atoms with Gasteiger partial charge in [0.1, 0.15) is 23.4 Å². The van der Waals surface area contributed by atoms with Crippen molar-refractivity contribution in [2.45, 2.75) is 13.8 Å². The Bertz CT molecular complexity index is 1250. The van der Waals surface area contributed by atoms with Crippen LogP contribution in [0.25, 0.3) is 17.3 Å². The van der Waals surface area contributed by atoms with Crippen molar-refractivity contribution in [1.82, 2.24) is 9.78 Å². The van der Waals surface area contributed by atoms with Gasteiger partial charge in [-0.25, -0.2) is 4.68 Å². The fraction of sp³-hybridized carbons (Fsp3) is 0.167. The number of methoxy groups -OCH3 is 1. The Morgan fingerprint density at radius 2 is 1.94 bits per heavy atom. The van der Waals surface area contributed by atoms with E-state index in [2.05, 4.69) is 22.6 Å². The number of carbonyl (C=O) groups is 1. The summed E-state index contributed by atoms with van der Waals surface area (Å²) >= 11 is 0. The molecule has 0 radical (unpaired) electrons. The number of rotatable bonds is 7. The zero-order valence-electron chi connectivity index (χ0n) is 17.9. The second-order valence-electron chi connectivity index (χ2n) is 6.63. The van der Waals surface area contributed by atoms with Gasteiger partial charge in [-0.3, -0.25) is 4.79 Å². The third-order valence-corrected chi connectivity index (χ3v) is 4.47. The van der Waals surface area contributed by atoms with Gasteiger partial charge in [0, 0.05) is 6.92 Å². The summed E-state index contributed by atoms with van der Waals surface area (Å²) in [5.74, 6) is 0.952. The van der Waals surface area contributed by atoms with Crippen LogP contribution >= 0.6 is 0 Å². The molecule has 1 heterocycles. The predicted molar refractivity (Wildman–Crippen MR) is 120 cm³/mol. The lowest BCUT2D eigenvalue weighted by Gasteiger charge is -2.09. The van der Waals surface area contributed by atoms with Crippen LogP contribution in [0.1, 0.15) is 30.7 Å². The molecule has 0 saturated heterocycles. The fourth-order valence-electron chi connectivity index (χ4n) is 3.12. The summed E-state index contributed by atoms with van der Waals surface area (Å²) in [5, 5.41) is 26.9. The van der Waals surface area contributed by atoms with Gasteiger partial charge < -0.3 is 14.8 Å². The maximum atomic E-state index is 11.8. The molecule has 2 aromatic carbocycles. The van der Waals surface area contributed by atoms with Gasteiger partial charge in [-0.15, -0.1) is 0 Å². The number of aromatic nitrogens is 2. The van der Waals surface area contributed by atoms with Gasteiger partial charge in [-0.05, 0) is 42.8 Å². The van der Waals surface area contributed by atoms with Crippen molar-refractivity contribution in [3.8, 4) is 29.3 Å². The van der Waals surface area contributed by atoms with Crippen LogP contribution in [0, 0.1) is 22.7 Å². The van der Waals surface area contributed by atoms with Crippen LogP contribution in [0.2, 0.25) is 0 Å². The highest BCUT2D eigenvalue weighted by Gasteiger charge is 2.22. The first kappa shape index (κ1) is 22.1. The minimum absolute atomic E-state index is 0.0930. The molecule has 0 bridgehead atoms. The standard InChI is InChI=1S/C24H21N5O3/c1-4-32-22-13-17(10-11-21(22)31-3)12-18(14-25)23-20(15-26)24(27-16(2)30)29(28-23)19-8-6-5-7-9-19/h5-13H,4H2,1-3H3,(H,27,30)/b18-12+. The van der Waals surface area contributed by atoms with E-state index < -0.39 is 0 Å². The molecule has 160 valence electrons. The lowest BCUT2D eigenvalue weighted by Crippen LogP contribution is -2.12. The normalized spacial score (nSPS) is 10.7. The van der Waals surface area contributed by atoms with E-state index in [1.54, 1.807) is 43.5 Å². The average molecular weight is 427 g/mol. The number of hydrogen-bond acceptors (Lipinski definition) is 6. The summed E-state index contributed by atoms with van der Waals surface area (Å²) < 4.78 is 12.3. The van der Waals surface area contributed by atoms with Gasteiger partial charge >= 0.3 is 0 Å². The zero-order valence-corrected chi connectivity index (χ0v) is 17.9. The SMILES string of the molecule is CCOc1cc(/C=C(\C#N)c2nn(-c3ccccc3)c(NC(C)=O)c2C#N)ccc1OC. The molecule has 0 spiro atoms. The summed E-state index contributed by atoms with van der Waals surface area (Å²) in [6, 6.07) is 18.5. The summed E-state index contributed by atoms with van der Waals surface area (Å²) in [7, 11) is 1.55. The molecule has 3 rings (SSSR count). The van der Waals surface area contributed by atoms with Crippen LogP contribution in [-0.4, -0.2) is 29.4 Å². The number of nitrogens with one attached hydrogen (secondary N) is 1. The van der Waals surface area contributed by atoms with Crippen LogP contribution in [0.15, 0.2) is 48.5 Å². The van der Waals surface area contributed by atoms with Crippen LogP contribution in [0.4, 0.5) is 5.82 Å². The first-order valence-corrected chi connectivity index (χ1v) is 9.81. The third-order valence-electron chi connectivity index (χ3n) is 4.47. The van der Waals surface area contributed by atoms with E-state index in [-0.39, 0.29) is 28.6 Å². The molecule has 0 fully saturated rings. The molecule has 1 N–H and O–H groups in total. The number of para-hydroxylation sites is 1. The monoisotopic (exact) mass is 427 g/mol. The van der Waals surface area contributed by atoms with Crippen molar-refractivity contribution in [2.75, 3.05) is 19.0 Å². The fourth-order valence-corrected chi connectivity index (χ4v) is 3.12. The number of carbonyl (C=O) groups excluding carboxylic acids is 1. The Morgan fingerprint density at radius 1 is 1.19 bits per heavy atom. The average Bonchev–Trinajstić information content (AvgIpc) is 3.15. The number of hydrogen-bond donors (Lipinski definition) is 1. The number of ether oxygens (including phenoxy) is 2. The molecule has 0 atom stereocenters. The zero-order chi connectivity index (χ0) is 23.1. The summed E-state index contributed by atoms with van der Waals surface area (Å²) in [6.07, 6.45) is 1.61. The Morgan fingerprint density at radius 3 is 2.53 bits per heavy atom. The first-order valence-electron chi connectivity index (χ1n) is 9.81. The highest BCUT2D eigenvalue weighted by atomic mass is 16.5. The third kappa shape index (κ3) is 4.61. The highest BCUT2D eigenvalue weighted by Crippen LogP contribution is 2.32. The number of nitrogens with zero attached hydrogens (tertiary/aromatic N) is 4. The molecule has 8 nitrogen and oxygen atoms in total. The molecule has 3 aromatic rings. The smallest absolute Gasteiger partial charge is 0.222 e. The molecule has 0 aliphatic heterocycles. The van der Waals surface area contributed by atoms with Crippen LogP contribution < -0.4 is 14.8 Å². The van der Waals surface area contributed by atoms with Crippen molar-refractivity contribution in [3.05, 3.63) is 65.4 Å².